The zero-order valence-electron chi connectivity index (χ0n) is 12.9. The molecule has 2 aliphatic rings. The lowest BCUT2D eigenvalue weighted by atomic mass is 9.85. The van der Waals surface area contributed by atoms with Gasteiger partial charge in [-0.25, -0.2) is 0 Å². The highest BCUT2D eigenvalue weighted by Gasteiger charge is 2.38. The molecule has 20 heavy (non-hydrogen) atoms. The first-order valence-electron chi connectivity index (χ1n) is 8.16. The summed E-state index contributed by atoms with van der Waals surface area (Å²) in [5.74, 6) is 0. The van der Waals surface area contributed by atoms with E-state index in [1.807, 2.05) is 0 Å². The van der Waals surface area contributed by atoms with Crippen LogP contribution in [0.15, 0.2) is 35.9 Å². The predicted molar refractivity (Wildman–Crippen MR) is 85.8 cm³/mol. The molecule has 1 atom stereocenters. The number of fused-ring (bicyclic) bond motifs is 1. The third-order valence-electron chi connectivity index (χ3n) is 4.97. The Morgan fingerprint density at radius 3 is 2.85 bits per heavy atom. The van der Waals surface area contributed by atoms with Crippen molar-refractivity contribution in [3.05, 3.63) is 47.0 Å². The van der Waals surface area contributed by atoms with Gasteiger partial charge in [0.1, 0.15) is 0 Å². The second kappa shape index (κ2) is 5.73. The van der Waals surface area contributed by atoms with Gasteiger partial charge in [0.15, 0.2) is 0 Å². The smallest absolute Gasteiger partial charge is 0.0377 e. The Bertz CT molecular complexity index is 498. The Hall–Kier alpha value is -1.08. The second-order valence-corrected chi connectivity index (χ2v) is 7.11. The molecule has 0 saturated carbocycles. The zero-order valence-corrected chi connectivity index (χ0v) is 12.9. The van der Waals surface area contributed by atoms with Gasteiger partial charge in [-0.2, -0.15) is 0 Å². The Morgan fingerprint density at radius 2 is 2.05 bits per heavy atom. The summed E-state index contributed by atoms with van der Waals surface area (Å²) < 4.78 is 0. The van der Waals surface area contributed by atoms with Crippen LogP contribution in [0.3, 0.4) is 0 Å². The number of hydrogen-bond donors (Lipinski definition) is 1. The van der Waals surface area contributed by atoms with Crippen molar-refractivity contribution < 1.29 is 0 Å². The molecule has 0 bridgehead atoms. The van der Waals surface area contributed by atoms with Crippen LogP contribution in [0.4, 0.5) is 0 Å². The highest BCUT2D eigenvalue weighted by molar-refractivity contribution is 5.37. The Morgan fingerprint density at radius 1 is 1.20 bits per heavy atom. The molecule has 1 aromatic rings. The van der Waals surface area contributed by atoms with E-state index in [-0.39, 0.29) is 0 Å². The molecule has 0 fully saturated rings. The maximum Gasteiger partial charge on any atom is 0.0377 e. The zero-order chi connectivity index (χ0) is 14.0. The molecular formula is C19H27N. The van der Waals surface area contributed by atoms with Gasteiger partial charge >= 0.3 is 0 Å². The van der Waals surface area contributed by atoms with Gasteiger partial charge in [-0.05, 0) is 61.6 Å². The number of hydrogen-bond acceptors (Lipinski definition) is 1. The second-order valence-electron chi connectivity index (χ2n) is 7.11. The molecule has 1 aromatic carbocycles. The minimum atomic E-state index is 0.338. The van der Waals surface area contributed by atoms with Gasteiger partial charge in [0, 0.05) is 6.04 Å². The monoisotopic (exact) mass is 269 g/mol. The van der Waals surface area contributed by atoms with Crippen LogP contribution in [0.1, 0.15) is 63.1 Å². The van der Waals surface area contributed by atoms with Gasteiger partial charge in [-0.15, -0.1) is 0 Å². The van der Waals surface area contributed by atoms with Gasteiger partial charge < -0.3 is 5.32 Å². The summed E-state index contributed by atoms with van der Waals surface area (Å²) in [6, 6.07) is 9.47. The topological polar surface area (TPSA) is 12.0 Å². The van der Waals surface area contributed by atoms with E-state index in [2.05, 4.69) is 49.5 Å². The molecule has 0 aliphatic heterocycles. The van der Waals surface area contributed by atoms with E-state index in [0.717, 1.165) is 6.54 Å². The summed E-state index contributed by atoms with van der Waals surface area (Å²) in [6.45, 7) is 5.91. The standard InChI is InChI=1S/C19H27N/c1-19(2)14-16-10-6-7-11-17(16)18(19)20-13-12-15-8-4-3-5-9-15/h6-8,10-11,18,20H,3-5,9,12-14H2,1-2H3. The minimum absolute atomic E-state index is 0.338. The number of rotatable bonds is 4. The van der Waals surface area contributed by atoms with Gasteiger partial charge in [0.2, 0.25) is 0 Å². The van der Waals surface area contributed by atoms with Crippen LogP contribution < -0.4 is 5.32 Å². The van der Waals surface area contributed by atoms with Crippen molar-refractivity contribution in [3.8, 4) is 0 Å². The van der Waals surface area contributed by atoms with Crippen LogP contribution in [0, 0.1) is 5.41 Å². The molecular weight excluding hydrogens is 242 g/mol. The molecule has 2 aliphatic carbocycles. The molecule has 0 radical (unpaired) electrons. The van der Waals surface area contributed by atoms with Crippen LogP contribution in [0.25, 0.3) is 0 Å². The van der Waals surface area contributed by atoms with Crippen LogP contribution in [0.2, 0.25) is 0 Å². The van der Waals surface area contributed by atoms with E-state index >= 15 is 0 Å². The van der Waals surface area contributed by atoms with E-state index in [9.17, 15) is 0 Å². The molecule has 1 nitrogen and oxygen atoms in total. The largest absolute Gasteiger partial charge is 0.309 e. The summed E-state index contributed by atoms with van der Waals surface area (Å²) in [5, 5.41) is 3.83. The highest BCUT2D eigenvalue weighted by atomic mass is 14.9. The van der Waals surface area contributed by atoms with Crippen molar-refractivity contribution in [2.45, 2.75) is 58.4 Å². The first-order valence-corrected chi connectivity index (χ1v) is 8.16. The molecule has 3 rings (SSSR count). The normalized spacial score (nSPS) is 24.3. The van der Waals surface area contributed by atoms with Crippen molar-refractivity contribution in [1.29, 1.82) is 0 Å². The Labute approximate surface area is 123 Å². The van der Waals surface area contributed by atoms with Crippen LogP contribution in [-0.2, 0) is 6.42 Å². The lowest BCUT2D eigenvalue weighted by Gasteiger charge is -2.29. The van der Waals surface area contributed by atoms with E-state index in [1.165, 1.54) is 49.7 Å². The number of benzene rings is 1. The van der Waals surface area contributed by atoms with Crippen molar-refractivity contribution >= 4 is 0 Å². The summed E-state index contributed by atoms with van der Waals surface area (Å²) in [5.41, 5.74) is 5.07. The first kappa shape index (κ1) is 13.9. The van der Waals surface area contributed by atoms with Gasteiger partial charge in [-0.3, -0.25) is 0 Å². The van der Waals surface area contributed by atoms with E-state index in [0.29, 0.717) is 11.5 Å². The molecule has 0 saturated heterocycles. The highest BCUT2D eigenvalue weighted by Crippen LogP contribution is 2.44. The lowest BCUT2D eigenvalue weighted by molar-refractivity contribution is 0.270. The summed E-state index contributed by atoms with van der Waals surface area (Å²) in [7, 11) is 0. The average Bonchev–Trinajstić information content (AvgIpc) is 2.71. The maximum atomic E-state index is 3.83. The molecule has 108 valence electrons. The Kier molecular flexibility index (Phi) is 3.98. The minimum Gasteiger partial charge on any atom is -0.309 e. The van der Waals surface area contributed by atoms with E-state index in [4.69, 9.17) is 0 Å². The van der Waals surface area contributed by atoms with Crippen molar-refractivity contribution in [3.63, 3.8) is 0 Å². The van der Waals surface area contributed by atoms with Crippen LogP contribution in [-0.4, -0.2) is 6.54 Å². The van der Waals surface area contributed by atoms with Crippen molar-refractivity contribution in [2.24, 2.45) is 5.41 Å². The van der Waals surface area contributed by atoms with Gasteiger partial charge in [0.05, 0.1) is 0 Å². The summed E-state index contributed by atoms with van der Waals surface area (Å²) >= 11 is 0. The van der Waals surface area contributed by atoms with Gasteiger partial charge in [-0.1, -0.05) is 49.8 Å². The van der Waals surface area contributed by atoms with Crippen molar-refractivity contribution in [1.82, 2.24) is 5.32 Å². The number of allylic oxidation sites excluding steroid dienone is 1. The van der Waals surface area contributed by atoms with Gasteiger partial charge in [0.25, 0.3) is 0 Å². The Balaban J connectivity index is 1.63. The molecule has 0 amide bonds. The van der Waals surface area contributed by atoms with E-state index < -0.39 is 0 Å². The molecule has 1 unspecified atom stereocenters. The lowest BCUT2D eigenvalue weighted by Crippen LogP contribution is -2.32. The maximum absolute atomic E-state index is 3.83. The molecule has 0 aromatic heterocycles. The van der Waals surface area contributed by atoms with Crippen LogP contribution in [0.5, 0.6) is 0 Å². The molecule has 0 spiro atoms. The quantitative estimate of drug-likeness (QED) is 0.775. The predicted octanol–water partition coefficient (Wildman–Crippen LogP) is 4.79. The van der Waals surface area contributed by atoms with Crippen LogP contribution >= 0.6 is 0 Å². The summed E-state index contributed by atoms with van der Waals surface area (Å²) in [6.07, 6.45) is 10.3. The van der Waals surface area contributed by atoms with E-state index in [1.54, 1.807) is 5.57 Å². The average molecular weight is 269 g/mol. The van der Waals surface area contributed by atoms with Crippen molar-refractivity contribution in [2.75, 3.05) is 6.54 Å². The SMILES string of the molecule is CC1(C)Cc2ccccc2C1NCCC1=CCCCC1. The first-order chi connectivity index (χ1) is 9.67. The fourth-order valence-electron chi connectivity index (χ4n) is 3.89. The fourth-order valence-corrected chi connectivity index (χ4v) is 3.89. The molecule has 1 heteroatoms. The third-order valence-corrected chi connectivity index (χ3v) is 4.97. The number of nitrogens with one attached hydrogen (secondary N) is 1. The third kappa shape index (κ3) is 2.83. The molecule has 1 N–H and O–H groups in total. The summed E-state index contributed by atoms with van der Waals surface area (Å²) in [4.78, 5) is 0. The fraction of sp³-hybridized carbons (Fsp3) is 0.579. The molecule has 0 heterocycles.